The van der Waals surface area contributed by atoms with Crippen LogP contribution < -0.4 is 0 Å². The van der Waals surface area contributed by atoms with Crippen molar-refractivity contribution in [1.29, 1.82) is 0 Å². The maximum absolute atomic E-state index is 11.0. The van der Waals surface area contributed by atoms with Gasteiger partial charge in [0.25, 0.3) is 0 Å². The number of ether oxygens (including phenoxy) is 2. The normalized spacial score (nSPS) is 13.9. The summed E-state index contributed by atoms with van der Waals surface area (Å²) in [4.78, 5) is 21.8. The van der Waals surface area contributed by atoms with E-state index in [9.17, 15) is 9.59 Å². The molecule has 0 aromatic heterocycles. The van der Waals surface area contributed by atoms with Gasteiger partial charge in [0.15, 0.2) is 6.61 Å². The number of aliphatic carboxylic acids is 1. The van der Waals surface area contributed by atoms with Gasteiger partial charge in [0, 0.05) is 0 Å². The molecule has 0 radical (unpaired) electrons. The lowest BCUT2D eigenvalue weighted by atomic mass is 10.1. The van der Waals surface area contributed by atoms with Gasteiger partial charge in [-0.25, -0.2) is 9.59 Å². The molecule has 5 nitrogen and oxygen atoms in total. The Hall–Kier alpha value is -1.96. The lowest BCUT2D eigenvalue weighted by molar-refractivity contribution is -0.154. The highest BCUT2D eigenvalue weighted by atomic mass is 16.7. The second-order valence-electron chi connectivity index (χ2n) is 2.76. The van der Waals surface area contributed by atoms with Crippen LogP contribution in [0.2, 0.25) is 0 Å². The molecule has 0 rings (SSSR count). The molecule has 0 aromatic rings. The topological polar surface area (TPSA) is 72.8 Å². The Kier molecular flexibility index (Phi) is 4.96. The van der Waals surface area contributed by atoms with E-state index in [0.29, 0.717) is 0 Å². The van der Waals surface area contributed by atoms with Gasteiger partial charge in [-0.2, -0.15) is 0 Å². The zero-order valence-electron chi connectivity index (χ0n) is 8.52. The van der Waals surface area contributed by atoms with Crippen molar-refractivity contribution in [3.8, 4) is 12.3 Å². The van der Waals surface area contributed by atoms with E-state index in [4.69, 9.17) is 11.5 Å². The minimum absolute atomic E-state index is 0.260. The highest BCUT2D eigenvalue weighted by Gasteiger charge is 2.35. The molecule has 0 aliphatic rings. The van der Waals surface area contributed by atoms with Crippen molar-refractivity contribution in [2.75, 3.05) is 6.61 Å². The minimum Gasteiger partial charge on any atom is -0.478 e. The van der Waals surface area contributed by atoms with Crippen molar-refractivity contribution in [3.05, 3.63) is 12.2 Å². The highest BCUT2D eigenvalue weighted by Crippen LogP contribution is 2.14. The predicted octanol–water partition coefficient (Wildman–Crippen LogP) is 1.19. The molecule has 15 heavy (non-hydrogen) atoms. The number of terminal acetylenes is 1. The van der Waals surface area contributed by atoms with Gasteiger partial charge in [0.1, 0.15) is 0 Å². The van der Waals surface area contributed by atoms with Gasteiger partial charge < -0.3 is 14.6 Å². The Morgan fingerprint density at radius 2 is 2.20 bits per heavy atom. The summed E-state index contributed by atoms with van der Waals surface area (Å²) in [7, 11) is 0. The number of allylic oxidation sites excluding steroid dienone is 1. The Labute approximate surface area is 87.7 Å². The summed E-state index contributed by atoms with van der Waals surface area (Å²) in [5, 5.41) is 8.81. The van der Waals surface area contributed by atoms with Crippen LogP contribution in [0.1, 0.15) is 13.8 Å². The molecule has 0 aliphatic heterocycles. The van der Waals surface area contributed by atoms with Crippen LogP contribution in [-0.2, 0) is 14.3 Å². The van der Waals surface area contributed by atoms with Gasteiger partial charge in [0.05, 0.1) is 0 Å². The molecular formula is C10H12O5. The molecule has 0 bridgehead atoms. The van der Waals surface area contributed by atoms with Crippen LogP contribution in [0.4, 0.5) is 4.79 Å². The van der Waals surface area contributed by atoms with Gasteiger partial charge >= 0.3 is 12.1 Å². The predicted molar refractivity (Wildman–Crippen MR) is 52.1 cm³/mol. The zero-order valence-corrected chi connectivity index (χ0v) is 8.52. The quantitative estimate of drug-likeness (QED) is 0.430. The van der Waals surface area contributed by atoms with Crippen LogP contribution in [0.3, 0.4) is 0 Å². The molecule has 0 heterocycles. The summed E-state index contributed by atoms with van der Waals surface area (Å²) in [6, 6.07) is 0. The first-order valence-corrected chi connectivity index (χ1v) is 4.12. The number of hydrogen-bond acceptors (Lipinski definition) is 4. The van der Waals surface area contributed by atoms with Crippen molar-refractivity contribution < 1.29 is 24.2 Å². The molecule has 0 fully saturated rings. The average molecular weight is 212 g/mol. The monoisotopic (exact) mass is 212 g/mol. The molecule has 0 aliphatic carbocycles. The zero-order chi connectivity index (χ0) is 11.9. The molecule has 0 saturated carbocycles. The molecule has 1 N–H and O–H groups in total. The van der Waals surface area contributed by atoms with Gasteiger partial charge in [-0.05, 0) is 19.9 Å². The summed E-state index contributed by atoms with van der Waals surface area (Å²) in [5.41, 5.74) is -1.74. The highest BCUT2D eigenvalue weighted by molar-refractivity contribution is 5.82. The van der Waals surface area contributed by atoms with Crippen molar-refractivity contribution in [3.63, 3.8) is 0 Å². The lowest BCUT2D eigenvalue weighted by Gasteiger charge is -2.20. The minimum atomic E-state index is -1.74. The first-order chi connectivity index (χ1) is 6.96. The fourth-order valence-corrected chi connectivity index (χ4v) is 0.770. The third kappa shape index (κ3) is 4.18. The van der Waals surface area contributed by atoms with Crippen LogP contribution in [0.5, 0.6) is 0 Å². The van der Waals surface area contributed by atoms with E-state index < -0.39 is 17.7 Å². The fraction of sp³-hybridized carbons (Fsp3) is 0.400. The van der Waals surface area contributed by atoms with E-state index in [1.54, 1.807) is 6.92 Å². The van der Waals surface area contributed by atoms with E-state index in [1.807, 2.05) is 0 Å². The van der Waals surface area contributed by atoms with Crippen molar-refractivity contribution in [1.82, 2.24) is 0 Å². The third-order valence-corrected chi connectivity index (χ3v) is 1.48. The average Bonchev–Trinajstić information content (AvgIpc) is 2.14. The number of hydrogen-bond donors (Lipinski definition) is 1. The smallest absolute Gasteiger partial charge is 0.478 e. The van der Waals surface area contributed by atoms with E-state index in [-0.39, 0.29) is 6.61 Å². The van der Waals surface area contributed by atoms with Crippen LogP contribution in [0.25, 0.3) is 0 Å². The van der Waals surface area contributed by atoms with Gasteiger partial charge in [-0.3, -0.25) is 0 Å². The number of carbonyl (C=O) groups is 2. The molecule has 0 saturated heterocycles. The lowest BCUT2D eigenvalue weighted by Crippen LogP contribution is -2.38. The molecule has 0 amide bonds. The molecule has 0 spiro atoms. The van der Waals surface area contributed by atoms with Crippen molar-refractivity contribution in [2.45, 2.75) is 19.4 Å². The maximum atomic E-state index is 11.0. The van der Waals surface area contributed by atoms with Gasteiger partial charge in [-0.15, -0.1) is 6.42 Å². The summed E-state index contributed by atoms with van der Waals surface area (Å²) < 4.78 is 8.99. The first-order valence-electron chi connectivity index (χ1n) is 4.12. The van der Waals surface area contributed by atoms with E-state index in [2.05, 4.69) is 15.4 Å². The Balaban J connectivity index is 4.50. The number of carbonyl (C=O) groups excluding carboxylic acids is 1. The second kappa shape index (κ2) is 5.70. The largest absolute Gasteiger partial charge is 0.510 e. The van der Waals surface area contributed by atoms with Crippen LogP contribution in [-0.4, -0.2) is 29.4 Å². The molecule has 5 heteroatoms. The van der Waals surface area contributed by atoms with Gasteiger partial charge in [-0.1, -0.05) is 12.0 Å². The van der Waals surface area contributed by atoms with Crippen LogP contribution >= 0.6 is 0 Å². The van der Waals surface area contributed by atoms with Crippen LogP contribution in [0, 0.1) is 12.3 Å². The molecule has 1 atom stereocenters. The molecular weight excluding hydrogens is 200 g/mol. The number of carboxylic acids is 1. The van der Waals surface area contributed by atoms with E-state index >= 15 is 0 Å². The second-order valence-corrected chi connectivity index (χ2v) is 2.76. The van der Waals surface area contributed by atoms with Gasteiger partial charge in [0.2, 0.25) is 5.60 Å². The third-order valence-electron chi connectivity index (χ3n) is 1.48. The SMILES string of the molecule is C#CCOC(=O)OC(C)(C=CC)C(=O)O. The summed E-state index contributed by atoms with van der Waals surface area (Å²) >= 11 is 0. The Morgan fingerprint density at radius 3 is 2.60 bits per heavy atom. The summed E-state index contributed by atoms with van der Waals surface area (Å²) in [5.74, 6) is 0.764. The summed E-state index contributed by atoms with van der Waals surface area (Å²) in [6.07, 6.45) is 6.42. The number of carboxylic acid groups (broad SMARTS) is 1. The van der Waals surface area contributed by atoms with Crippen molar-refractivity contribution in [2.24, 2.45) is 0 Å². The molecule has 0 aromatic carbocycles. The maximum Gasteiger partial charge on any atom is 0.510 e. The fourth-order valence-electron chi connectivity index (χ4n) is 0.770. The van der Waals surface area contributed by atoms with E-state index in [1.165, 1.54) is 19.1 Å². The Morgan fingerprint density at radius 1 is 1.60 bits per heavy atom. The van der Waals surface area contributed by atoms with E-state index in [0.717, 1.165) is 0 Å². The van der Waals surface area contributed by atoms with Crippen molar-refractivity contribution >= 4 is 12.1 Å². The Bertz CT molecular complexity index is 312. The molecule has 82 valence electrons. The standard InChI is InChI=1S/C10H12O5/c1-4-6-10(3,8(11)12)15-9(13)14-7-5-2/h2,4,6H,7H2,1,3H3,(H,11,12). The summed E-state index contributed by atoms with van der Waals surface area (Å²) in [6.45, 7) is 2.58. The number of rotatable bonds is 4. The first kappa shape index (κ1) is 13.0. The van der Waals surface area contributed by atoms with Crippen LogP contribution in [0.15, 0.2) is 12.2 Å². The molecule has 1 unspecified atom stereocenters.